The van der Waals surface area contributed by atoms with Crippen LogP contribution in [-0.2, 0) is 0 Å². The number of pyridine rings is 1. The van der Waals surface area contributed by atoms with Gasteiger partial charge in [-0.1, -0.05) is 27.5 Å². The van der Waals surface area contributed by atoms with Crippen molar-refractivity contribution in [1.82, 2.24) is 4.98 Å². The van der Waals surface area contributed by atoms with Gasteiger partial charge in [0.25, 0.3) is 5.91 Å². The number of carbonyl (C=O) groups is 1. The van der Waals surface area contributed by atoms with E-state index in [9.17, 15) is 9.18 Å². The standard InChI is InChI=1S/C12H8BrClFN3O/c13-6-1-2-10(9(15)3-6)18-12(19)7-4-11(16)17-5-8(7)14/h1-5H,(H2,16,17)(H,18,19). The van der Waals surface area contributed by atoms with Gasteiger partial charge < -0.3 is 11.1 Å². The molecule has 7 heteroatoms. The van der Waals surface area contributed by atoms with Crippen LogP contribution >= 0.6 is 27.5 Å². The second-order valence-electron chi connectivity index (χ2n) is 3.67. The van der Waals surface area contributed by atoms with Gasteiger partial charge in [-0.15, -0.1) is 0 Å². The predicted octanol–water partition coefficient (Wildman–Crippen LogP) is 3.47. The molecular formula is C12H8BrClFN3O. The van der Waals surface area contributed by atoms with Crippen molar-refractivity contribution in [1.29, 1.82) is 0 Å². The first-order valence-corrected chi connectivity index (χ1v) is 6.32. The zero-order valence-electron chi connectivity index (χ0n) is 9.45. The number of carbonyl (C=O) groups excluding carboxylic acids is 1. The number of amides is 1. The maximum absolute atomic E-state index is 13.6. The van der Waals surface area contributed by atoms with Gasteiger partial charge in [0.05, 0.1) is 16.3 Å². The lowest BCUT2D eigenvalue weighted by Crippen LogP contribution is -2.14. The maximum Gasteiger partial charge on any atom is 0.257 e. The molecule has 98 valence electrons. The zero-order valence-corrected chi connectivity index (χ0v) is 11.8. The maximum atomic E-state index is 13.6. The van der Waals surface area contributed by atoms with E-state index >= 15 is 0 Å². The van der Waals surface area contributed by atoms with Crippen LogP contribution in [0.15, 0.2) is 34.9 Å². The molecule has 1 aromatic carbocycles. The third kappa shape index (κ3) is 3.21. The van der Waals surface area contributed by atoms with Gasteiger partial charge >= 0.3 is 0 Å². The highest BCUT2D eigenvalue weighted by atomic mass is 79.9. The molecule has 0 saturated heterocycles. The largest absolute Gasteiger partial charge is 0.384 e. The summed E-state index contributed by atoms with van der Waals surface area (Å²) < 4.78 is 14.2. The quantitative estimate of drug-likeness (QED) is 0.876. The topological polar surface area (TPSA) is 68.0 Å². The van der Waals surface area contributed by atoms with Gasteiger partial charge in [-0.2, -0.15) is 0 Å². The number of benzene rings is 1. The summed E-state index contributed by atoms with van der Waals surface area (Å²) in [6.45, 7) is 0. The first kappa shape index (κ1) is 13.8. The number of hydrogen-bond acceptors (Lipinski definition) is 3. The van der Waals surface area contributed by atoms with Gasteiger partial charge in [0.1, 0.15) is 11.6 Å². The Hall–Kier alpha value is -1.66. The summed E-state index contributed by atoms with van der Waals surface area (Å²) in [4.78, 5) is 15.7. The summed E-state index contributed by atoms with van der Waals surface area (Å²) >= 11 is 8.97. The molecule has 1 aromatic heterocycles. The van der Waals surface area contributed by atoms with Crippen LogP contribution < -0.4 is 11.1 Å². The number of anilines is 2. The second kappa shape index (κ2) is 5.54. The lowest BCUT2D eigenvalue weighted by molar-refractivity contribution is 0.102. The second-order valence-corrected chi connectivity index (χ2v) is 4.99. The van der Waals surface area contributed by atoms with Gasteiger partial charge in [-0.25, -0.2) is 9.37 Å². The van der Waals surface area contributed by atoms with Crippen molar-refractivity contribution in [2.24, 2.45) is 0 Å². The van der Waals surface area contributed by atoms with Crippen LogP contribution in [0.2, 0.25) is 5.02 Å². The van der Waals surface area contributed by atoms with Crippen molar-refractivity contribution in [3.8, 4) is 0 Å². The highest BCUT2D eigenvalue weighted by Crippen LogP contribution is 2.22. The molecule has 0 spiro atoms. The van der Waals surface area contributed by atoms with E-state index in [0.717, 1.165) is 0 Å². The fourth-order valence-electron chi connectivity index (χ4n) is 1.41. The van der Waals surface area contributed by atoms with Crippen LogP contribution in [0, 0.1) is 5.82 Å². The summed E-state index contributed by atoms with van der Waals surface area (Å²) in [5, 5.41) is 2.56. The highest BCUT2D eigenvalue weighted by Gasteiger charge is 2.13. The Kier molecular flexibility index (Phi) is 4.01. The number of nitrogens with one attached hydrogen (secondary N) is 1. The molecule has 19 heavy (non-hydrogen) atoms. The lowest BCUT2D eigenvalue weighted by Gasteiger charge is -2.08. The fraction of sp³-hybridized carbons (Fsp3) is 0. The van der Waals surface area contributed by atoms with Crippen LogP contribution in [-0.4, -0.2) is 10.9 Å². The van der Waals surface area contributed by atoms with Crippen LogP contribution in [0.1, 0.15) is 10.4 Å². The molecule has 0 fully saturated rings. The van der Waals surface area contributed by atoms with Gasteiger partial charge in [0.2, 0.25) is 0 Å². The number of nitrogen functional groups attached to an aromatic ring is 1. The molecule has 3 N–H and O–H groups in total. The number of hydrogen-bond donors (Lipinski definition) is 2. The molecule has 0 aliphatic rings. The molecule has 0 saturated carbocycles. The third-order valence-corrected chi connectivity index (χ3v) is 3.09. The minimum Gasteiger partial charge on any atom is -0.384 e. The minimum atomic E-state index is -0.555. The van der Waals surface area contributed by atoms with Crippen LogP contribution in [0.25, 0.3) is 0 Å². The van der Waals surface area contributed by atoms with Gasteiger partial charge in [0, 0.05) is 10.7 Å². The van der Waals surface area contributed by atoms with Crippen molar-refractivity contribution in [3.05, 3.63) is 51.3 Å². The van der Waals surface area contributed by atoms with Crippen molar-refractivity contribution >= 4 is 44.9 Å². The molecule has 2 aromatic rings. The number of nitrogens with zero attached hydrogens (tertiary/aromatic N) is 1. The Bertz CT molecular complexity index is 651. The first-order chi connectivity index (χ1) is 8.97. The molecule has 2 rings (SSSR count). The van der Waals surface area contributed by atoms with Crippen LogP contribution in [0.3, 0.4) is 0 Å². The first-order valence-electron chi connectivity index (χ1n) is 5.15. The van der Waals surface area contributed by atoms with Crippen molar-refractivity contribution in [2.45, 2.75) is 0 Å². The molecule has 4 nitrogen and oxygen atoms in total. The fourth-order valence-corrected chi connectivity index (χ4v) is 1.93. The van der Waals surface area contributed by atoms with E-state index in [2.05, 4.69) is 26.2 Å². The monoisotopic (exact) mass is 343 g/mol. The Morgan fingerprint density at radius 3 is 2.84 bits per heavy atom. The average Bonchev–Trinajstić information content (AvgIpc) is 2.35. The summed E-state index contributed by atoms with van der Waals surface area (Å²) in [5.74, 6) is -0.952. The summed E-state index contributed by atoms with van der Waals surface area (Å²) in [6, 6.07) is 5.63. The predicted molar refractivity (Wildman–Crippen MR) is 75.7 cm³/mol. The van der Waals surface area contributed by atoms with E-state index in [0.29, 0.717) is 4.47 Å². The molecule has 0 aliphatic carbocycles. The van der Waals surface area contributed by atoms with Crippen molar-refractivity contribution in [2.75, 3.05) is 11.1 Å². The molecular weight excluding hydrogens is 337 g/mol. The van der Waals surface area contributed by atoms with E-state index in [4.69, 9.17) is 17.3 Å². The van der Waals surface area contributed by atoms with E-state index in [1.54, 1.807) is 6.07 Å². The Labute approximate surface area is 121 Å². The number of nitrogens with two attached hydrogens (primary N) is 1. The summed E-state index contributed by atoms with van der Waals surface area (Å²) in [5.41, 5.74) is 5.67. The molecule has 0 unspecified atom stereocenters. The molecule has 0 aliphatic heterocycles. The van der Waals surface area contributed by atoms with Gasteiger partial charge in [-0.3, -0.25) is 4.79 Å². The van der Waals surface area contributed by atoms with Gasteiger partial charge in [0.15, 0.2) is 0 Å². The van der Waals surface area contributed by atoms with Crippen molar-refractivity contribution in [3.63, 3.8) is 0 Å². The molecule has 1 heterocycles. The zero-order chi connectivity index (χ0) is 14.0. The molecule has 0 radical (unpaired) electrons. The highest BCUT2D eigenvalue weighted by molar-refractivity contribution is 9.10. The minimum absolute atomic E-state index is 0.0552. The smallest absolute Gasteiger partial charge is 0.257 e. The SMILES string of the molecule is Nc1cc(C(=O)Nc2ccc(Br)cc2F)c(Cl)cn1. The third-order valence-electron chi connectivity index (χ3n) is 2.30. The lowest BCUT2D eigenvalue weighted by atomic mass is 10.2. The summed E-state index contributed by atoms with van der Waals surface area (Å²) in [7, 11) is 0. The number of rotatable bonds is 2. The van der Waals surface area contributed by atoms with E-state index < -0.39 is 11.7 Å². The number of halogens is 3. The molecule has 0 atom stereocenters. The van der Waals surface area contributed by atoms with Gasteiger partial charge in [-0.05, 0) is 24.3 Å². The van der Waals surface area contributed by atoms with Crippen LogP contribution in [0.4, 0.5) is 15.9 Å². The average molecular weight is 345 g/mol. The van der Waals surface area contributed by atoms with Crippen molar-refractivity contribution < 1.29 is 9.18 Å². The molecule has 0 bridgehead atoms. The number of aromatic nitrogens is 1. The van der Waals surface area contributed by atoms with E-state index in [-0.39, 0.29) is 22.1 Å². The summed E-state index contributed by atoms with van der Waals surface area (Å²) in [6.07, 6.45) is 1.27. The van der Waals surface area contributed by atoms with Crippen LogP contribution in [0.5, 0.6) is 0 Å². The van der Waals surface area contributed by atoms with E-state index in [1.165, 1.54) is 24.4 Å². The Morgan fingerprint density at radius 2 is 2.16 bits per heavy atom. The Morgan fingerprint density at radius 1 is 1.42 bits per heavy atom. The molecule has 1 amide bonds. The Balaban J connectivity index is 2.28. The normalized spacial score (nSPS) is 10.3. The van der Waals surface area contributed by atoms with E-state index in [1.807, 2.05) is 0 Å².